The second-order valence-electron chi connectivity index (χ2n) is 7.13. The van der Waals surface area contributed by atoms with Gasteiger partial charge in [-0.05, 0) is 49.3 Å². The summed E-state index contributed by atoms with van der Waals surface area (Å²) >= 11 is 0. The number of aromatic hydroxyl groups is 1. The van der Waals surface area contributed by atoms with E-state index in [1.165, 1.54) is 25.7 Å². The van der Waals surface area contributed by atoms with Crippen molar-refractivity contribution in [1.29, 1.82) is 0 Å². The van der Waals surface area contributed by atoms with Crippen LogP contribution in [0.2, 0.25) is 0 Å². The monoisotopic (exact) mass is 330 g/mol. The molecule has 2 atom stereocenters. The molecule has 5 nitrogen and oxygen atoms in total. The third-order valence-corrected chi connectivity index (χ3v) is 5.35. The summed E-state index contributed by atoms with van der Waals surface area (Å²) in [6.07, 6.45) is 5.40. The fourth-order valence-electron chi connectivity index (χ4n) is 3.98. The second-order valence-corrected chi connectivity index (χ2v) is 7.13. The van der Waals surface area contributed by atoms with Crippen molar-refractivity contribution < 1.29 is 14.7 Å². The summed E-state index contributed by atoms with van der Waals surface area (Å²) in [5.74, 6) is 1.12. The Bertz CT molecular complexity index is 615. The van der Waals surface area contributed by atoms with E-state index in [-0.39, 0.29) is 23.1 Å². The number of hydrogen-bond acceptors (Lipinski definition) is 3. The van der Waals surface area contributed by atoms with Crippen LogP contribution >= 0.6 is 0 Å². The van der Waals surface area contributed by atoms with Crippen molar-refractivity contribution in [2.45, 2.75) is 39.0 Å². The molecule has 24 heavy (non-hydrogen) atoms. The summed E-state index contributed by atoms with van der Waals surface area (Å²) in [5.41, 5.74) is 1.15. The molecule has 1 aliphatic heterocycles. The van der Waals surface area contributed by atoms with E-state index in [4.69, 9.17) is 0 Å². The molecule has 2 N–H and O–H groups in total. The summed E-state index contributed by atoms with van der Waals surface area (Å²) in [6, 6.07) is 4.95. The molecule has 1 heterocycles. The summed E-state index contributed by atoms with van der Waals surface area (Å²) in [4.78, 5) is 26.4. The zero-order valence-corrected chi connectivity index (χ0v) is 14.3. The van der Waals surface area contributed by atoms with E-state index in [0.717, 1.165) is 18.7 Å². The van der Waals surface area contributed by atoms with Crippen molar-refractivity contribution in [3.63, 3.8) is 0 Å². The van der Waals surface area contributed by atoms with Gasteiger partial charge in [0.1, 0.15) is 5.75 Å². The molecule has 1 aromatic rings. The predicted octanol–water partition coefficient (Wildman–Crippen LogP) is 2.47. The lowest BCUT2D eigenvalue weighted by Crippen LogP contribution is -2.33. The van der Waals surface area contributed by atoms with Crippen LogP contribution in [0.25, 0.3) is 0 Å². The number of rotatable bonds is 4. The van der Waals surface area contributed by atoms with Gasteiger partial charge in [0.05, 0.1) is 5.56 Å². The van der Waals surface area contributed by atoms with Crippen molar-refractivity contribution in [3.8, 4) is 5.75 Å². The molecule has 2 fully saturated rings. The minimum atomic E-state index is -0.338. The molecule has 1 aromatic carbocycles. The maximum atomic E-state index is 12.3. The van der Waals surface area contributed by atoms with Gasteiger partial charge in [0.25, 0.3) is 5.91 Å². The number of fused-ring (bicyclic) bond motifs is 1. The van der Waals surface area contributed by atoms with Crippen molar-refractivity contribution >= 4 is 11.8 Å². The Labute approximate surface area is 143 Å². The minimum Gasteiger partial charge on any atom is -0.507 e. The van der Waals surface area contributed by atoms with Gasteiger partial charge in [0, 0.05) is 26.1 Å². The Morgan fingerprint density at radius 2 is 1.88 bits per heavy atom. The molecule has 2 unspecified atom stereocenters. The molecule has 5 heteroatoms. The average Bonchev–Trinajstić information content (AvgIpc) is 2.98. The number of nitrogens with one attached hydrogen (secondary N) is 1. The Morgan fingerprint density at radius 1 is 1.21 bits per heavy atom. The topological polar surface area (TPSA) is 69.6 Å². The third-order valence-electron chi connectivity index (χ3n) is 5.35. The molecule has 0 spiro atoms. The highest BCUT2D eigenvalue weighted by Crippen LogP contribution is 2.36. The van der Waals surface area contributed by atoms with E-state index >= 15 is 0 Å². The van der Waals surface area contributed by atoms with Crippen LogP contribution < -0.4 is 5.32 Å². The van der Waals surface area contributed by atoms with Gasteiger partial charge in [0.2, 0.25) is 5.91 Å². The maximum absolute atomic E-state index is 12.3. The Hall–Kier alpha value is -2.04. The largest absolute Gasteiger partial charge is 0.507 e. The summed E-state index contributed by atoms with van der Waals surface area (Å²) in [6.45, 7) is 3.93. The van der Waals surface area contributed by atoms with Gasteiger partial charge in [-0.15, -0.1) is 0 Å². The van der Waals surface area contributed by atoms with Crippen molar-refractivity contribution in [2.24, 2.45) is 11.8 Å². The first-order valence-corrected chi connectivity index (χ1v) is 8.90. The molecule has 1 saturated carbocycles. The van der Waals surface area contributed by atoms with E-state index in [1.807, 2.05) is 11.8 Å². The fraction of sp³-hybridized carbons (Fsp3) is 0.579. The summed E-state index contributed by atoms with van der Waals surface area (Å²) in [5, 5.41) is 12.6. The van der Waals surface area contributed by atoms with Gasteiger partial charge in [-0.1, -0.05) is 18.9 Å². The van der Waals surface area contributed by atoms with Gasteiger partial charge >= 0.3 is 0 Å². The lowest BCUT2D eigenvalue weighted by molar-refractivity contribution is -0.130. The predicted molar refractivity (Wildman–Crippen MR) is 91.8 cm³/mol. The number of phenolic OH excluding ortho intramolecular Hbond substituents is 1. The molecule has 0 aromatic heterocycles. The molecule has 130 valence electrons. The number of carbonyl (C=O) groups excluding carboxylic acids is 2. The van der Waals surface area contributed by atoms with Crippen molar-refractivity contribution in [1.82, 2.24) is 10.2 Å². The number of likely N-dealkylation sites (tertiary alicyclic amines) is 1. The molecular weight excluding hydrogens is 304 g/mol. The van der Waals surface area contributed by atoms with Crippen LogP contribution in [-0.4, -0.2) is 41.5 Å². The highest BCUT2D eigenvalue weighted by atomic mass is 16.3. The normalized spacial score (nSPS) is 23.0. The average molecular weight is 330 g/mol. The first-order chi connectivity index (χ1) is 11.5. The van der Waals surface area contributed by atoms with Gasteiger partial charge in [-0.25, -0.2) is 0 Å². The number of hydrogen-bond donors (Lipinski definition) is 2. The quantitative estimate of drug-likeness (QED) is 0.891. The number of aryl methyl sites for hydroxylation is 1. The van der Waals surface area contributed by atoms with Crippen LogP contribution in [0.5, 0.6) is 5.75 Å². The van der Waals surface area contributed by atoms with Gasteiger partial charge in [0.15, 0.2) is 0 Å². The van der Waals surface area contributed by atoms with Crippen molar-refractivity contribution in [2.75, 3.05) is 19.6 Å². The van der Waals surface area contributed by atoms with Crippen LogP contribution in [0.15, 0.2) is 18.2 Å². The molecule has 0 radical (unpaired) electrons. The van der Waals surface area contributed by atoms with Gasteiger partial charge in [-0.2, -0.15) is 0 Å². The first kappa shape index (κ1) is 16.8. The number of benzene rings is 1. The lowest BCUT2D eigenvalue weighted by Gasteiger charge is -2.22. The van der Waals surface area contributed by atoms with Gasteiger partial charge < -0.3 is 15.3 Å². The molecule has 2 amide bonds. The van der Waals surface area contributed by atoms with Crippen LogP contribution in [0.4, 0.5) is 0 Å². The highest BCUT2D eigenvalue weighted by Gasteiger charge is 2.36. The second kappa shape index (κ2) is 7.24. The maximum Gasteiger partial charge on any atom is 0.255 e. The zero-order chi connectivity index (χ0) is 17.1. The van der Waals surface area contributed by atoms with Crippen LogP contribution in [0, 0.1) is 18.8 Å². The van der Waals surface area contributed by atoms with E-state index in [0.29, 0.717) is 24.8 Å². The molecule has 0 bridgehead atoms. The summed E-state index contributed by atoms with van der Waals surface area (Å²) < 4.78 is 0. The van der Waals surface area contributed by atoms with E-state index in [1.54, 1.807) is 18.2 Å². The molecule has 2 aliphatic rings. The molecule has 3 rings (SSSR count). The standard InChI is InChI=1S/C19H26N2O3/c1-13-6-7-16(17(22)10-13)19(24)20-9-8-18(23)21-11-14-4-2-3-5-15(14)12-21/h6-7,10,14-15,22H,2-5,8-9,11-12H2,1H3,(H,20,24). The van der Waals surface area contributed by atoms with E-state index in [9.17, 15) is 14.7 Å². The van der Waals surface area contributed by atoms with E-state index < -0.39 is 0 Å². The molecular formula is C19H26N2O3. The van der Waals surface area contributed by atoms with Crippen LogP contribution in [-0.2, 0) is 4.79 Å². The molecule has 1 aliphatic carbocycles. The Morgan fingerprint density at radius 3 is 2.50 bits per heavy atom. The van der Waals surface area contributed by atoms with Crippen LogP contribution in [0.1, 0.15) is 48.0 Å². The van der Waals surface area contributed by atoms with Gasteiger partial charge in [-0.3, -0.25) is 9.59 Å². The minimum absolute atomic E-state index is 0.0255. The molecule has 1 saturated heterocycles. The van der Waals surface area contributed by atoms with Crippen LogP contribution in [0.3, 0.4) is 0 Å². The Kier molecular flexibility index (Phi) is 5.07. The lowest BCUT2D eigenvalue weighted by atomic mass is 9.82. The number of amides is 2. The van der Waals surface area contributed by atoms with Crippen molar-refractivity contribution in [3.05, 3.63) is 29.3 Å². The summed E-state index contributed by atoms with van der Waals surface area (Å²) in [7, 11) is 0. The SMILES string of the molecule is Cc1ccc(C(=O)NCCC(=O)N2CC3CCCCC3C2)c(O)c1. The smallest absolute Gasteiger partial charge is 0.255 e. The first-order valence-electron chi connectivity index (χ1n) is 8.90. The highest BCUT2D eigenvalue weighted by molar-refractivity contribution is 5.97. The zero-order valence-electron chi connectivity index (χ0n) is 14.3. The third kappa shape index (κ3) is 3.71. The van der Waals surface area contributed by atoms with E-state index in [2.05, 4.69) is 5.32 Å². The number of phenols is 1. The fourth-order valence-corrected chi connectivity index (χ4v) is 3.98. The Balaban J connectivity index is 1.46. The number of nitrogens with zero attached hydrogens (tertiary/aromatic N) is 1. The number of carbonyl (C=O) groups is 2.